The highest BCUT2D eigenvalue weighted by atomic mass is 32.2. The molecule has 0 saturated heterocycles. The third-order valence-electron chi connectivity index (χ3n) is 2.32. The summed E-state index contributed by atoms with van der Waals surface area (Å²) in [5.41, 5.74) is 5.54. The zero-order valence-electron chi connectivity index (χ0n) is 10.6. The molecule has 0 heterocycles. The predicted molar refractivity (Wildman–Crippen MR) is 69.3 cm³/mol. The van der Waals surface area contributed by atoms with E-state index in [0.717, 1.165) is 12.1 Å². The number of likely N-dealkylation sites (N-methyl/N-ethyl adjacent to an activating group) is 1. The number of nitrogens with two attached hydrogens (primary N) is 1. The van der Waals surface area contributed by atoms with Crippen LogP contribution in [0.25, 0.3) is 0 Å². The highest BCUT2D eigenvalue weighted by Gasteiger charge is 2.24. The summed E-state index contributed by atoms with van der Waals surface area (Å²) in [6, 6.07) is 2.20. The molecule has 19 heavy (non-hydrogen) atoms. The molecule has 0 radical (unpaired) electrons. The van der Waals surface area contributed by atoms with Crippen LogP contribution >= 0.6 is 0 Å². The van der Waals surface area contributed by atoms with E-state index in [-0.39, 0.29) is 5.69 Å². The first kappa shape index (κ1) is 15.4. The largest absolute Gasteiger partial charge is 0.399 e. The van der Waals surface area contributed by atoms with Gasteiger partial charge in [0.2, 0.25) is 15.9 Å². The summed E-state index contributed by atoms with van der Waals surface area (Å²) in [6.07, 6.45) is 0. The number of amides is 1. The molecule has 0 spiro atoms. The van der Waals surface area contributed by atoms with Crippen LogP contribution in [0.4, 0.5) is 10.1 Å². The number of nitrogen functional groups attached to an aromatic ring is 1. The van der Waals surface area contributed by atoms with Crippen LogP contribution in [0.2, 0.25) is 0 Å². The van der Waals surface area contributed by atoms with Gasteiger partial charge in [-0.15, -0.1) is 0 Å². The Labute approximate surface area is 111 Å². The molecule has 0 fully saturated rings. The van der Waals surface area contributed by atoms with Crippen molar-refractivity contribution in [3.05, 3.63) is 24.0 Å². The highest BCUT2D eigenvalue weighted by Crippen LogP contribution is 2.17. The van der Waals surface area contributed by atoms with Gasteiger partial charge in [-0.05, 0) is 32.0 Å². The molecule has 1 aromatic rings. The minimum Gasteiger partial charge on any atom is -0.399 e. The van der Waals surface area contributed by atoms with E-state index in [0.29, 0.717) is 6.54 Å². The van der Waals surface area contributed by atoms with Crippen LogP contribution in [0.1, 0.15) is 13.8 Å². The van der Waals surface area contributed by atoms with Gasteiger partial charge in [0.15, 0.2) is 0 Å². The highest BCUT2D eigenvalue weighted by molar-refractivity contribution is 7.89. The van der Waals surface area contributed by atoms with E-state index in [9.17, 15) is 17.6 Å². The molecule has 0 saturated carbocycles. The third kappa shape index (κ3) is 3.90. The van der Waals surface area contributed by atoms with Crippen LogP contribution in [0, 0.1) is 5.82 Å². The Morgan fingerprint density at radius 3 is 2.68 bits per heavy atom. The number of hydrogen-bond donors (Lipinski definition) is 3. The van der Waals surface area contributed by atoms with E-state index >= 15 is 0 Å². The molecular formula is C11H16FN3O3S. The smallest absolute Gasteiger partial charge is 0.244 e. The molecule has 1 unspecified atom stereocenters. The quantitative estimate of drug-likeness (QED) is 0.674. The van der Waals surface area contributed by atoms with E-state index in [1.54, 1.807) is 6.92 Å². The van der Waals surface area contributed by atoms with Gasteiger partial charge in [-0.3, -0.25) is 4.79 Å². The normalized spacial score (nSPS) is 13.0. The Kier molecular flexibility index (Phi) is 4.84. The zero-order valence-corrected chi connectivity index (χ0v) is 11.4. The molecule has 0 aliphatic heterocycles. The van der Waals surface area contributed by atoms with Gasteiger partial charge in [0.25, 0.3) is 0 Å². The van der Waals surface area contributed by atoms with Crippen molar-refractivity contribution in [2.24, 2.45) is 0 Å². The Bertz CT molecular complexity index is 575. The van der Waals surface area contributed by atoms with Crippen molar-refractivity contribution >= 4 is 21.6 Å². The number of sulfonamides is 1. The van der Waals surface area contributed by atoms with Gasteiger partial charge in [0.05, 0.1) is 6.04 Å². The van der Waals surface area contributed by atoms with Crippen molar-refractivity contribution in [3.63, 3.8) is 0 Å². The molecule has 106 valence electrons. The van der Waals surface area contributed by atoms with Crippen LogP contribution in [0.5, 0.6) is 0 Å². The monoisotopic (exact) mass is 289 g/mol. The van der Waals surface area contributed by atoms with E-state index < -0.39 is 32.7 Å². The fraction of sp³-hybridized carbons (Fsp3) is 0.364. The molecular weight excluding hydrogens is 273 g/mol. The van der Waals surface area contributed by atoms with E-state index in [1.807, 2.05) is 0 Å². The van der Waals surface area contributed by atoms with Crippen molar-refractivity contribution < 1.29 is 17.6 Å². The molecule has 0 aromatic heterocycles. The van der Waals surface area contributed by atoms with Crippen molar-refractivity contribution in [3.8, 4) is 0 Å². The summed E-state index contributed by atoms with van der Waals surface area (Å²) in [6.45, 7) is 3.45. The maximum Gasteiger partial charge on any atom is 0.244 e. The Morgan fingerprint density at radius 1 is 1.47 bits per heavy atom. The first-order valence-corrected chi connectivity index (χ1v) is 7.11. The maximum absolute atomic E-state index is 13.5. The van der Waals surface area contributed by atoms with Crippen molar-refractivity contribution in [1.82, 2.24) is 10.0 Å². The lowest BCUT2D eigenvalue weighted by Crippen LogP contribution is -2.44. The van der Waals surface area contributed by atoms with E-state index in [2.05, 4.69) is 10.0 Å². The summed E-state index contributed by atoms with van der Waals surface area (Å²) in [5.74, 6) is -1.42. The topological polar surface area (TPSA) is 101 Å². The lowest BCUT2D eigenvalue weighted by molar-refractivity contribution is -0.122. The van der Waals surface area contributed by atoms with Crippen LogP contribution in [-0.4, -0.2) is 26.9 Å². The number of rotatable bonds is 5. The van der Waals surface area contributed by atoms with Gasteiger partial charge >= 0.3 is 0 Å². The first-order chi connectivity index (χ1) is 8.77. The summed E-state index contributed by atoms with van der Waals surface area (Å²) >= 11 is 0. The molecule has 1 atom stereocenters. The zero-order chi connectivity index (χ0) is 14.6. The van der Waals surface area contributed by atoms with Crippen LogP contribution in [0.3, 0.4) is 0 Å². The lowest BCUT2D eigenvalue weighted by atomic mass is 10.3. The SMILES string of the molecule is CCNC(=O)C(C)NS(=O)(=O)c1cc(N)ccc1F. The number of hydrogen-bond acceptors (Lipinski definition) is 4. The second kappa shape index (κ2) is 5.98. The average molecular weight is 289 g/mol. The first-order valence-electron chi connectivity index (χ1n) is 5.63. The second-order valence-electron chi connectivity index (χ2n) is 3.93. The Hall–Kier alpha value is -1.67. The molecule has 1 aromatic carbocycles. The molecule has 1 amide bonds. The van der Waals surface area contributed by atoms with E-state index in [1.165, 1.54) is 13.0 Å². The minimum atomic E-state index is -4.14. The van der Waals surface area contributed by atoms with Crippen molar-refractivity contribution in [2.45, 2.75) is 24.8 Å². The summed E-state index contributed by atoms with van der Waals surface area (Å²) < 4.78 is 39.5. The van der Waals surface area contributed by atoms with Crippen molar-refractivity contribution in [2.75, 3.05) is 12.3 Å². The van der Waals surface area contributed by atoms with Crippen LogP contribution < -0.4 is 15.8 Å². The molecule has 8 heteroatoms. The van der Waals surface area contributed by atoms with Gasteiger partial charge in [-0.1, -0.05) is 0 Å². The second-order valence-corrected chi connectivity index (χ2v) is 5.61. The fourth-order valence-electron chi connectivity index (χ4n) is 1.40. The number of carbonyl (C=O) groups excluding carboxylic acids is 1. The molecule has 6 nitrogen and oxygen atoms in total. The number of halogens is 1. The van der Waals surface area contributed by atoms with Gasteiger partial charge in [0, 0.05) is 12.2 Å². The average Bonchev–Trinajstić information content (AvgIpc) is 2.31. The number of nitrogens with one attached hydrogen (secondary N) is 2. The number of anilines is 1. The van der Waals surface area contributed by atoms with Gasteiger partial charge in [-0.25, -0.2) is 12.8 Å². The van der Waals surface area contributed by atoms with Crippen LogP contribution in [-0.2, 0) is 14.8 Å². The van der Waals surface area contributed by atoms with E-state index in [4.69, 9.17) is 5.73 Å². The minimum absolute atomic E-state index is 0.118. The Balaban J connectivity index is 2.99. The predicted octanol–water partition coefficient (Wildman–Crippen LogP) is 0.211. The van der Waals surface area contributed by atoms with Crippen LogP contribution in [0.15, 0.2) is 23.1 Å². The molecule has 4 N–H and O–H groups in total. The summed E-state index contributed by atoms with van der Waals surface area (Å²) in [4.78, 5) is 10.9. The molecule has 0 aliphatic carbocycles. The maximum atomic E-state index is 13.5. The van der Waals surface area contributed by atoms with Crippen molar-refractivity contribution in [1.29, 1.82) is 0 Å². The van der Waals surface area contributed by atoms with Gasteiger partial charge in [-0.2, -0.15) is 4.72 Å². The third-order valence-corrected chi connectivity index (χ3v) is 3.88. The fourth-order valence-corrected chi connectivity index (χ4v) is 2.72. The van der Waals surface area contributed by atoms with Gasteiger partial charge in [0.1, 0.15) is 10.7 Å². The lowest BCUT2D eigenvalue weighted by Gasteiger charge is -2.14. The Morgan fingerprint density at radius 2 is 2.11 bits per heavy atom. The van der Waals surface area contributed by atoms with Gasteiger partial charge < -0.3 is 11.1 Å². The number of benzene rings is 1. The summed E-state index contributed by atoms with van der Waals surface area (Å²) in [7, 11) is -4.14. The summed E-state index contributed by atoms with van der Waals surface area (Å²) in [5, 5.41) is 2.46. The molecule has 0 aliphatic rings. The molecule has 1 rings (SSSR count). The molecule has 0 bridgehead atoms. The standard InChI is InChI=1S/C11H16FN3O3S/c1-3-14-11(16)7(2)15-19(17,18)10-6-8(13)4-5-9(10)12/h4-7,15H,3,13H2,1-2H3,(H,14,16). The number of carbonyl (C=O) groups is 1.